The maximum Gasteiger partial charge on any atom is 0.511 e. The van der Waals surface area contributed by atoms with Crippen LogP contribution in [-0.2, 0) is 9.53 Å². The highest BCUT2D eigenvalue weighted by atomic mass is 16.6. The van der Waals surface area contributed by atoms with Gasteiger partial charge in [0, 0.05) is 0 Å². The molecule has 0 aromatic rings. The Labute approximate surface area is 92.4 Å². The Hall–Kier alpha value is -1.95. The van der Waals surface area contributed by atoms with Crippen molar-refractivity contribution >= 4 is 12.1 Å². The summed E-state index contributed by atoms with van der Waals surface area (Å²) in [4.78, 5) is 24.5. The molecular weight excluding hydrogens is 216 g/mol. The van der Waals surface area contributed by atoms with Gasteiger partial charge in [0.1, 0.15) is 5.60 Å². The summed E-state index contributed by atoms with van der Waals surface area (Å²) < 4.78 is 4.88. The minimum Gasteiger partial charge on any atom is -0.478 e. The van der Waals surface area contributed by atoms with E-state index >= 15 is 0 Å². The van der Waals surface area contributed by atoms with Gasteiger partial charge < -0.3 is 9.84 Å². The number of ether oxygens (including phenoxy) is 1. The molecule has 8 nitrogen and oxygen atoms in total. The van der Waals surface area contributed by atoms with E-state index in [-0.39, 0.29) is 0 Å². The molecule has 0 fully saturated rings. The van der Waals surface area contributed by atoms with Gasteiger partial charge in [0.05, 0.1) is 0 Å². The lowest BCUT2D eigenvalue weighted by Crippen LogP contribution is -2.42. The molecule has 0 aliphatic rings. The largest absolute Gasteiger partial charge is 0.511 e. The van der Waals surface area contributed by atoms with Crippen molar-refractivity contribution in [2.24, 2.45) is 5.22 Å². The van der Waals surface area contributed by atoms with E-state index in [1.54, 1.807) is 20.8 Å². The molecule has 0 spiro atoms. The van der Waals surface area contributed by atoms with E-state index in [2.05, 4.69) is 10.1 Å². The van der Waals surface area contributed by atoms with Gasteiger partial charge in [-0.15, -0.1) is 10.5 Å². The summed E-state index contributed by atoms with van der Waals surface area (Å²) in [5.74, 6) is -1.29. The summed E-state index contributed by atoms with van der Waals surface area (Å²) in [6, 6.07) is -1.29. The summed E-state index contributed by atoms with van der Waals surface area (Å²) in [6.07, 6.45) is -1.000. The Morgan fingerprint density at radius 1 is 1.50 bits per heavy atom. The van der Waals surface area contributed by atoms with E-state index in [4.69, 9.17) is 15.4 Å². The van der Waals surface area contributed by atoms with Gasteiger partial charge in [-0.3, -0.25) is 0 Å². The van der Waals surface area contributed by atoms with Crippen molar-refractivity contribution in [3.8, 4) is 0 Å². The zero-order chi connectivity index (χ0) is 12.9. The van der Waals surface area contributed by atoms with Crippen LogP contribution in [0, 0.1) is 0 Å². The number of carbonyl (C=O) groups is 2. The van der Waals surface area contributed by atoms with Crippen LogP contribution in [0.4, 0.5) is 4.79 Å². The topological polar surface area (TPSA) is 116 Å². The van der Waals surface area contributed by atoms with Crippen LogP contribution in [0.2, 0.25) is 0 Å². The van der Waals surface area contributed by atoms with Gasteiger partial charge in [0.15, 0.2) is 0 Å². The molecule has 0 aromatic heterocycles. The molecule has 0 bridgehead atoms. The molecule has 0 saturated carbocycles. The van der Waals surface area contributed by atoms with Crippen LogP contribution in [0.25, 0.3) is 10.4 Å². The first-order chi connectivity index (χ1) is 7.19. The Bertz CT molecular complexity index is 329. The molecule has 1 atom stereocenters. The average molecular weight is 230 g/mol. The van der Waals surface area contributed by atoms with Crippen LogP contribution in [0.3, 0.4) is 0 Å². The third-order valence-electron chi connectivity index (χ3n) is 1.44. The summed E-state index contributed by atoms with van der Waals surface area (Å²) in [5, 5.41) is 12.1. The van der Waals surface area contributed by atoms with E-state index in [1.165, 1.54) is 6.92 Å². The summed E-state index contributed by atoms with van der Waals surface area (Å²) in [7, 11) is 0. The molecule has 1 amide bonds. The van der Waals surface area contributed by atoms with Crippen molar-refractivity contribution in [3.63, 3.8) is 0 Å². The SMILES string of the molecule is CC(C(=O)O)N(N=[N+]=[N-])C(=O)OC(C)(C)C. The number of azide groups is 1. The van der Waals surface area contributed by atoms with Crippen LogP contribution in [-0.4, -0.2) is 33.8 Å². The van der Waals surface area contributed by atoms with Crippen molar-refractivity contribution in [2.45, 2.75) is 39.3 Å². The quantitative estimate of drug-likeness (QED) is 0.345. The van der Waals surface area contributed by atoms with Gasteiger partial charge in [-0.1, -0.05) is 0 Å². The molecule has 0 aliphatic heterocycles. The normalized spacial score (nSPS) is 12.2. The second kappa shape index (κ2) is 5.22. The number of amides is 1. The Kier molecular flexibility index (Phi) is 4.59. The van der Waals surface area contributed by atoms with E-state index in [0.29, 0.717) is 5.01 Å². The first-order valence-corrected chi connectivity index (χ1v) is 4.49. The second-order valence-corrected chi connectivity index (χ2v) is 4.02. The molecule has 8 heteroatoms. The molecule has 0 rings (SSSR count). The predicted molar refractivity (Wildman–Crippen MR) is 54.3 cm³/mol. The molecule has 0 aromatic carbocycles. The maximum absolute atomic E-state index is 11.5. The van der Waals surface area contributed by atoms with E-state index < -0.39 is 23.7 Å². The standard InChI is InChI=1S/C8H14N4O4/c1-5(6(13)14)12(11-10-9)7(15)16-8(2,3)4/h5H,1-4H3,(H,13,14). The number of rotatable bonds is 3. The monoisotopic (exact) mass is 230 g/mol. The third kappa shape index (κ3) is 4.52. The van der Waals surface area contributed by atoms with Crippen molar-refractivity contribution in [1.29, 1.82) is 0 Å². The smallest absolute Gasteiger partial charge is 0.478 e. The summed E-state index contributed by atoms with van der Waals surface area (Å²) in [5.41, 5.74) is 7.44. The highest BCUT2D eigenvalue weighted by Gasteiger charge is 2.33. The number of carboxylic acid groups (broad SMARTS) is 1. The lowest BCUT2D eigenvalue weighted by Gasteiger charge is -2.22. The van der Waals surface area contributed by atoms with Crippen molar-refractivity contribution < 1.29 is 19.4 Å². The third-order valence-corrected chi connectivity index (χ3v) is 1.44. The van der Waals surface area contributed by atoms with Crippen molar-refractivity contribution in [3.05, 3.63) is 10.4 Å². The Morgan fingerprint density at radius 2 is 2.00 bits per heavy atom. The highest BCUT2D eigenvalue weighted by Crippen LogP contribution is 2.12. The highest BCUT2D eigenvalue weighted by molar-refractivity contribution is 5.79. The number of aliphatic carboxylic acids is 1. The first kappa shape index (κ1) is 14.1. The number of carbonyl (C=O) groups excluding carboxylic acids is 1. The zero-order valence-corrected chi connectivity index (χ0v) is 9.54. The van der Waals surface area contributed by atoms with E-state index in [0.717, 1.165) is 0 Å². The van der Waals surface area contributed by atoms with Crippen molar-refractivity contribution in [1.82, 2.24) is 5.01 Å². The molecule has 0 saturated heterocycles. The van der Waals surface area contributed by atoms with Gasteiger partial charge in [-0.25, -0.2) is 4.79 Å². The fourth-order valence-corrected chi connectivity index (χ4v) is 0.728. The fraction of sp³-hybridized carbons (Fsp3) is 0.750. The lowest BCUT2D eigenvalue weighted by atomic mass is 10.2. The van der Waals surface area contributed by atoms with E-state index in [9.17, 15) is 9.59 Å². The summed E-state index contributed by atoms with van der Waals surface area (Å²) >= 11 is 0. The maximum atomic E-state index is 11.5. The van der Waals surface area contributed by atoms with Crippen LogP contribution in [0.1, 0.15) is 27.7 Å². The second-order valence-electron chi connectivity index (χ2n) is 4.02. The van der Waals surface area contributed by atoms with Gasteiger partial charge in [0.25, 0.3) is 0 Å². The fourth-order valence-electron chi connectivity index (χ4n) is 0.728. The van der Waals surface area contributed by atoms with Crippen LogP contribution in [0.15, 0.2) is 5.22 Å². The molecule has 16 heavy (non-hydrogen) atoms. The van der Waals surface area contributed by atoms with Gasteiger partial charge in [0.2, 0.25) is 6.04 Å². The minimum atomic E-state index is -1.29. The molecular formula is C8H14N4O4. The summed E-state index contributed by atoms with van der Waals surface area (Å²) in [6.45, 7) is 6.06. The number of hydrogen-bond donors (Lipinski definition) is 1. The van der Waals surface area contributed by atoms with Gasteiger partial charge in [-0.2, -0.15) is 9.71 Å². The molecule has 0 heterocycles. The average Bonchev–Trinajstić information content (AvgIpc) is 2.09. The van der Waals surface area contributed by atoms with Crippen LogP contribution < -0.4 is 0 Å². The number of nitrogens with zero attached hydrogens (tertiary/aromatic N) is 4. The lowest BCUT2D eigenvalue weighted by molar-refractivity contribution is -0.142. The van der Waals surface area contributed by atoms with Gasteiger partial charge in [-0.05, 0) is 32.9 Å². The Morgan fingerprint density at radius 3 is 2.31 bits per heavy atom. The molecule has 0 aliphatic carbocycles. The van der Waals surface area contributed by atoms with Crippen LogP contribution >= 0.6 is 0 Å². The van der Waals surface area contributed by atoms with Crippen molar-refractivity contribution in [2.75, 3.05) is 0 Å². The molecule has 0 radical (unpaired) electrons. The first-order valence-electron chi connectivity index (χ1n) is 4.49. The molecule has 90 valence electrons. The molecule has 1 unspecified atom stereocenters. The van der Waals surface area contributed by atoms with Crippen LogP contribution in [0.5, 0.6) is 0 Å². The van der Waals surface area contributed by atoms with E-state index in [1.807, 2.05) is 0 Å². The minimum absolute atomic E-state index is 0.438. The van der Waals surface area contributed by atoms with Gasteiger partial charge >= 0.3 is 12.1 Å². The number of carboxylic acids is 1. The zero-order valence-electron chi connectivity index (χ0n) is 9.54. The predicted octanol–water partition coefficient (Wildman–Crippen LogP) is 1.92. The Balaban J connectivity index is 4.86. The molecule has 1 N–H and O–H groups in total. The number of hydrogen-bond acceptors (Lipinski definition) is 4.